The lowest BCUT2D eigenvalue weighted by Gasteiger charge is -2.32. The van der Waals surface area contributed by atoms with E-state index in [2.05, 4.69) is 29.0 Å². The van der Waals surface area contributed by atoms with E-state index in [-0.39, 0.29) is 23.8 Å². The van der Waals surface area contributed by atoms with Crippen molar-refractivity contribution in [1.82, 2.24) is 20.1 Å². The number of alkyl halides is 3. The average Bonchev–Trinajstić information content (AvgIpc) is 3.24. The quantitative estimate of drug-likeness (QED) is 0.550. The first-order valence-corrected chi connectivity index (χ1v) is 13.0. The molecule has 0 bridgehead atoms. The third kappa shape index (κ3) is 6.32. The lowest BCUT2D eigenvalue weighted by molar-refractivity contribution is -0.137. The maximum atomic E-state index is 12.9. The zero-order chi connectivity index (χ0) is 26.7. The molecule has 0 saturated carbocycles. The molecule has 0 spiro atoms. The predicted octanol–water partition coefficient (Wildman–Crippen LogP) is 5.19. The largest absolute Gasteiger partial charge is 0.416 e. The number of hydrogen-bond donors (Lipinski definition) is 1. The Bertz CT molecular complexity index is 1110. The van der Waals surface area contributed by atoms with Crippen LogP contribution in [0.4, 0.5) is 13.2 Å². The summed E-state index contributed by atoms with van der Waals surface area (Å²) in [6.45, 7) is 9.19. The van der Waals surface area contributed by atoms with Crippen LogP contribution in [0.25, 0.3) is 0 Å². The van der Waals surface area contributed by atoms with Crippen LogP contribution < -0.4 is 5.32 Å². The summed E-state index contributed by atoms with van der Waals surface area (Å²) >= 11 is 0. The predicted molar refractivity (Wildman–Crippen MR) is 134 cm³/mol. The van der Waals surface area contributed by atoms with Gasteiger partial charge in [0.25, 0.3) is 5.91 Å². The van der Waals surface area contributed by atoms with Gasteiger partial charge in [-0.2, -0.15) is 13.2 Å². The molecule has 0 unspecified atom stereocenters. The molecule has 4 rings (SSSR count). The van der Waals surface area contributed by atoms with Crippen LogP contribution in [-0.2, 0) is 24.1 Å². The molecule has 37 heavy (non-hydrogen) atoms. The third-order valence-electron chi connectivity index (χ3n) is 7.43. The van der Waals surface area contributed by atoms with Gasteiger partial charge in [-0.25, -0.2) is 0 Å². The van der Waals surface area contributed by atoms with E-state index in [1.54, 1.807) is 6.20 Å². The number of halogens is 3. The first-order chi connectivity index (χ1) is 17.6. The van der Waals surface area contributed by atoms with Crippen LogP contribution >= 0.6 is 0 Å². The molecule has 0 radical (unpaired) electrons. The zero-order valence-electron chi connectivity index (χ0n) is 21.6. The van der Waals surface area contributed by atoms with E-state index in [0.717, 1.165) is 54.9 Å². The number of carbonyl (C=O) groups is 2. The minimum atomic E-state index is -4.35. The lowest BCUT2D eigenvalue weighted by Crippen LogP contribution is -2.41. The van der Waals surface area contributed by atoms with Gasteiger partial charge in [0.15, 0.2) is 0 Å². The SMILES string of the molecule is CCC(=O)N1CCC(CNC(=O)c2cnc3c(c2)CN(Cc2ccc(C(F)(F)F)cc2)[C@H]3C(C)C)CC1. The molecule has 2 amide bonds. The third-order valence-corrected chi connectivity index (χ3v) is 7.43. The minimum Gasteiger partial charge on any atom is -0.352 e. The van der Waals surface area contributed by atoms with Crippen molar-refractivity contribution in [2.75, 3.05) is 19.6 Å². The molecule has 1 aromatic heterocycles. The monoisotopic (exact) mass is 516 g/mol. The van der Waals surface area contributed by atoms with Crippen molar-refractivity contribution in [2.24, 2.45) is 11.8 Å². The van der Waals surface area contributed by atoms with E-state index >= 15 is 0 Å². The van der Waals surface area contributed by atoms with Crippen molar-refractivity contribution >= 4 is 11.8 Å². The Labute approximate surface area is 216 Å². The highest BCUT2D eigenvalue weighted by Gasteiger charge is 2.35. The van der Waals surface area contributed by atoms with Crippen molar-refractivity contribution in [3.05, 3.63) is 64.5 Å². The molecule has 200 valence electrons. The molecule has 1 saturated heterocycles. The lowest BCUT2D eigenvalue weighted by atomic mass is 9.96. The smallest absolute Gasteiger partial charge is 0.352 e. The van der Waals surface area contributed by atoms with Gasteiger partial charge in [0, 0.05) is 45.3 Å². The summed E-state index contributed by atoms with van der Waals surface area (Å²) in [7, 11) is 0. The zero-order valence-corrected chi connectivity index (χ0v) is 21.6. The minimum absolute atomic E-state index is 0.0189. The molecule has 1 atom stereocenters. The number of rotatable bonds is 7. The Morgan fingerprint density at radius 3 is 2.41 bits per heavy atom. The fourth-order valence-corrected chi connectivity index (χ4v) is 5.40. The molecule has 1 fully saturated rings. The topological polar surface area (TPSA) is 65.5 Å². The number of benzene rings is 1. The van der Waals surface area contributed by atoms with E-state index in [9.17, 15) is 22.8 Å². The Morgan fingerprint density at radius 1 is 1.14 bits per heavy atom. The van der Waals surface area contributed by atoms with Crippen LogP contribution in [0.3, 0.4) is 0 Å². The summed E-state index contributed by atoms with van der Waals surface area (Å²) in [6, 6.07) is 7.20. The van der Waals surface area contributed by atoms with E-state index in [1.165, 1.54) is 12.1 Å². The van der Waals surface area contributed by atoms with E-state index in [4.69, 9.17) is 0 Å². The van der Waals surface area contributed by atoms with Crippen molar-refractivity contribution in [1.29, 1.82) is 0 Å². The molecule has 9 heteroatoms. The molecule has 2 aliphatic heterocycles. The fraction of sp³-hybridized carbons (Fsp3) is 0.536. The fourth-order valence-electron chi connectivity index (χ4n) is 5.40. The highest BCUT2D eigenvalue weighted by molar-refractivity contribution is 5.94. The number of aromatic nitrogens is 1. The number of carbonyl (C=O) groups excluding carboxylic acids is 2. The first kappa shape index (κ1) is 27.1. The van der Waals surface area contributed by atoms with Gasteiger partial charge < -0.3 is 10.2 Å². The van der Waals surface area contributed by atoms with Crippen molar-refractivity contribution in [3.63, 3.8) is 0 Å². The molecule has 6 nitrogen and oxygen atoms in total. The highest BCUT2D eigenvalue weighted by Crippen LogP contribution is 2.39. The summed E-state index contributed by atoms with van der Waals surface area (Å²) in [4.78, 5) is 33.5. The summed E-state index contributed by atoms with van der Waals surface area (Å²) in [5, 5.41) is 3.03. The average molecular weight is 517 g/mol. The number of amides is 2. The molecule has 2 aliphatic rings. The molecule has 3 heterocycles. The van der Waals surface area contributed by atoms with Gasteiger partial charge in [-0.15, -0.1) is 0 Å². The number of pyridine rings is 1. The maximum absolute atomic E-state index is 12.9. The van der Waals surface area contributed by atoms with Crippen LogP contribution in [0.15, 0.2) is 36.5 Å². The normalized spacial score (nSPS) is 18.8. The van der Waals surface area contributed by atoms with Crippen molar-refractivity contribution in [2.45, 2.75) is 65.3 Å². The van der Waals surface area contributed by atoms with E-state index in [1.807, 2.05) is 17.9 Å². The van der Waals surface area contributed by atoms with Gasteiger partial charge in [-0.05, 0) is 54.0 Å². The first-order valence-electron chi connectivity index (χ1n) is 13.0. The second-order valence-electron chi connectivity index (χ2n) is 10.4. The molecule has 1 aromatic carbocycles. The van der Waals surface area contributed by atoms with Crippen LogP contribution in [0.5, 0.6) is 0 Å². The molecular formula is C28H35F3N4O2. The summed E-state index contributed by atoms with van der Waals surface area (Å²) in [6.07, 6.45) is -0.456. The number of piperidine rings is 1. The second-order valence-corrected chi connectivity index (χ2v) is 10.4. The van der Waals surface area contributed by atoms with Gasteiger partial charge in [0.05, 0.1) is 22.9 Å². The van der Waals surface area contributed by atoms with Crippen LogP contribution in [0, 0.1) is 11.8 Å². The number of fused-ring (bicyclic) bond motifs is 1. The van der Waals surface area contributed by atoms with E-state index in [0.29, 0.717) is 37.5 Å². The number of nitrogens with zero attached hydrogens (tertiary/aromatic N) is 3. The van der Waals surface area contributed by atoms with Gasteiger partial charge >= 0.3 is 6.18 Å². The Balaban J connectivity index is 1.38. The van der Waals surface area contributed by atoms with Crippen LogP contribution in [0.1, 0.15) is 78.8 Å². The van der Waals surface area contributed by atoms with Gasteiger partial charge in [0.2, 0.25) is 5.91 Å². The summed E-state index contributed by atoms with van der Waals surface area (Å²) in [5.74, 6) is 0.605. The number of likely N-dealkylation sites (tertiary alicyclic amines) is 1. The number of nitrogens with one attached hydrogen (secondary N) is 1. The molecule has 0 aliphatic carbocycles. The van der Waals surface area contributed by atoms with Crippen LogP contribution in [-0.4, -0.2) is 46.2 Å². The molecule has 1 N–H and O–H groups in total. The maximum Gasteiger partial charge on any atom is 0.416 e. The van der Waals surface area contributed by atoms with Gasteiger partial charge in [-0.1, -0.05) is 32.9 Å². The van der Waals surface area contributed by atoms with E-state index < -0.39 is 11.7 Å². The van der Waals surface area contributed by atoms with Crippen LogP contribution in [0.2, 0.25) is 0 Å². The standard InChI is InChI=1S/C28H35F3N4O2/c1-4-24(36)34-11-9-19(10-12-34)14-33-27(37)21-13-22-17-35(26(18(2)3)25(22)32-15-21)16-20-5-7-23(8-6-20)28(29,30)31/h5-8,13,15,18-19,26H,4,9-12,14,16-17H2,1-3H3,(H,33,37)/t26-/m0/s1. The highest BCUT2D eigenvalue weighted by atomic mass is 19.4. The van der Waals surface area contributed by atoms with Gasteiger partial charge in [0.1, 0.15) is 0 Å². The van der Waals surface area contributed by atoms with Crippen molar-refractivity contribution in [3.8, 4) is 0 Å². The second kappa shape index (κ2) is 11.2. The molecule has 2 aromatic rings. The molecular weight excluding hydrogens is 481 g/mol. The Kier molecular flexibility index (Phi) is 8.21. The van der Waals surface area contributed by atoms with Gasteiger partial charge in [-0.3, -0.25) is 19.5 Å². The summed E-state index contributed by atoms with van der Waals surface area (Å²) in [5.41, 5.74) is 2.56. The number of hydrogen-bond acceptors (Lipinski definition) is 4. The summed E-state index contributed by atoms with van der Waals surface area (Å²) < 4.78 is 38.8. The Morgan fingerprint density at radius 2 is 1.81 bits per heavy atom. The Hall–Kier alpha value is -2.94. The van der Waals surface area contributed by atoms with Crippen molar-refractivity contribution < 1.29 is 22.8 Å².